The number of rotatable bonds is 2. The van der Waals surface area contributed by atoms with E-state index in [1.165, 1.54) is 24.3 Å². The molecule has 0 aliphatic carbocycles. The summed E-state index contributed by atoms with van der Waals surface area (Å²) in [6, 6.07) is 11.6. The van der Waals surface area contributed by atoms with Gasteiger partial charge in [0.1, 0.15) is 0 Å². The molecule has 0 atom stereocenters. The first-order valence-electron chi connectivity index (χ1n) is 6.32. The van der Waals surface area contributed by atoms with E-state index in [0.717, 1.165) is 0 Å². The topological polar surface area (TPSA) is 118 Å². The summed E-state index contributed by atoms with van der Waals surface area (Å²) in [5, 5.41) is 16.9. The second-order valence-electron chi connectivity index (χ2n) is 4.41. The zero-order valence-corrected chi connectivity index (χ0v) is 11.6. The molecule has 0 radical (unpaired) electrons. The molecule has 0 saturated carbocycles. The SMILES string of the molecule is O=C(O)c1ccc(C(=O)O)cc1.O=C1OC(=O)c2ccccc21. The molecular formula is C16H10O7. The molecule has 0 bridgehead atoms. The average Bonchev–Trinajstić information content (AvgIpc) is 2.83. The Hall–Kier alpha value is -3.48. The first kappa shape index (κ1) is 15.9. The highest BCUT2D eigenvalue weighted by Gasteiger charge is 2.28. The van der Waals surface area contributed by atoms with Crippen molar-refractivity contribution in [2.75, 3.05) is 0 Å². The predicted molar refractivity (Wildman–Crippen MR) is 76.5 cm³/mol. The predicted octanol–water partition coefficient (Wildman–Crippen LogP) is 2.08. The van der Waals surface area contributed by atoms with E-state index >= 15 is 0 Å². The third kappa shape index (κ3) is 3.59. The Bertz CT molecular complexity index is 724. The van der Waals surface area contributed by atoms with Crippen LogP contribution in [0.25, 0.3) is 0 Å². The van der Waals surface area contributed by atoms with Crippen LogP contribution in [0.15, 0.2) is 48.5 Å². The molecule has 2 aromatic rings. The number of aromatic carboxylic acids is 2. The highest BCUT2D eigenvalue weighted by Crippen LogP contribution is 2.18. The zero-order chi connectivity index (χ0) is 17.0. The number of ether oxygens (including phenoxy) is 1. The molecule has 1 aliphatic rings. The molecular weight excluding hydrogens is 304 g/mol. The van der Waals surface area contributed by atoms with Crippen molar-refractivity contribution < 1.29 is 34.1 Å². The van der Waals surface area contributed by atoms with Gasteiger partial charge in [-0.05, 0) is 36.4 Å². The second-order valence-corrected chi connectivity index (χ2v) is 4.41. The van der Waals surface area contributed by atoms with Crippen LogP contribution in [0.3, 0.4) is 0 Å². The molecule has 1 heterocycles. The summed E-state index contributed by atoms with van der Waals surface area (Å²) in [6.07, 6.45) is 0. The van der Waals surface area contributed by atoms with Crippen LogP contribution in [0, 0.1) is 0 Å². The monoisotopic (exact) mass is 314 g/mol. The molecule has 7 heteroatoms. The number of carbonyl (C=O) groups excluding carboxylic acids is 2. The summed E-state index contributed by atoms with van der Waals surface area (Å²) in [7, 11) is 0. The lowest BCUT2D eigenvalue weighted by Crippen LogP contribution is -1.99. The number of benzene rings is 2. The molecule has 116 valence electrons. The molecule has 0 saturated heterocycles. The van der Waals surface area contributed by atoms with Gasteiger partial charge >= 0.3 is 23.9 Å². The smallest absolute Gasteiger partial charge is 0.346 e. The van der Waals surface area contributed by atoms with Crippen LogP contribution in [-0.4, -0.2) is 34.1 Å². The van der Waals surface area contributed by atoms with E-state index in [0.29, 0.717) is 11.1 Å². The van der Waals surface area contributed by atoms with Crippen LogP contribution in [0.2, 0.25) is 0 Å². The Morgan fingerprint density at radius 3 is 1.35 bits per heavy atom. The van der Waals surface area contributed by atoms with Crippen molar-refractivity contribution in [3.8, 4) is 0 Å². The van der Waals surface area contributed by atoms with Gasteiger partial charge in [0.25, 0.3) is 0 Å². The highest BCUT2D eigenvalue weighted by atomic mass is 16.6. The maximum Gasteiger partial charge on any atom is 0.346 e. The van der Waals surface area contributed by atoms with Gasteiger partial charge in [-0.25, -0.2) is 19.2 Å². The lowest BCUT2D eigenvalue weighted by atomic mass is 10.1. The van der Waals surface area contributed by atoms with E-state index in [1.807, 2.05) is 0 Å². The van der Waals surface area contributed by atoms with Crippen LogP contribution in [0.5, 0.6) is 0 Å². The summed E-state index contributed by atoms with van der Waals surface area (Å²) in [5.41, 5.74) is 0.884. The number of cyclic esters (lactones) is 2. The maximum atomic E-state index is 10.8. The van der Waals surface area contributed by atoms with E-state index in [-0.39, 0.29) is 11.1 Å². The first-order valence-corrected chi connectivity index (χ1v) is 6.32. The normalized spacial score (nSPS) is 11.8. The Labute approximate surface area is 129 Å². The van der Waals surface area contributed by atoms with Gasteiger partial charge in [0, 0.05) is 0 Å². The molecule has 2 aromatic carbocycles. The van der Waals surface area contributed by atoms with E-state index in [9.17, 15) is 19.2 Å². The minimum absolute atomic E-state index is 0.0833. The van der Waals surface area contributed by atoms with Gasteiger partial charge in [-0.2, -0.15) is 0 Å². The van der Waals surface area contributed by atoms with Crippen LogP contribution in [0.1, 0.15) is 41.4 Å². The zero-order valence-electron chi connectivity index (χ0n) is 11.6. The number of carboxylic acids is 2. The fraction of sp³-hybridized carbons (Fsp3) is 0. The third-order valence-electron chi connectivity index (χ3n) is 2.93. The van der Waals surface area contributed by atoms with Gasteiger partial charge in [-0.3, -0.25) is 0 Å². The number of hydrogen-bond acceptors (Lipinski definition) is 5. The van der Waals surface area contributed by atoms with Crippen LogP contribution in [0.4, 0.5) is 0 Å². The largest absolute Gasteiger partial charge is 0.478 e. The molecule has 0 fully saturated rings. The standard InChI is InChI=1S/C8H6O4.C8H4O3/c9-7(10)5-1-2-6(4-3-5)8(11)12;9-7-5-3-1-2-4-6(5)8(10)11-7/h1-4H,(H,9,10)(H,11,12);1-4H. The van der Waals surface area contributed by atoms with Crippen LogP contribution >= 0.6 is 0 Å². The van der Waals surface area contributed by atoms with Crippen LogP contribution < -0.4 is 0 Å². The molecule has 0 aromatic heterocycles. The van der Waals surface area contributed by atoms with Gasteiger partial charge in [0.05, 0.1) is 22.3 Å². The second kappa shape index (κ2) is 6.52. The van der Waals surface area contributed by atoms with Gasteiger partial charge in [-0.1, -0.05) is 12.1 Å². The minimum atomic E-state index is -1.06. The van der Waals surface area contributed by atoms with Crippen LogP contribution in [-0.2, 0) is 4.74 Å². The number of fused-ring (bicyclic) bond motifs is 1. The van der Waals surface area contributed by atoms with Crippen molar-refractivity contribution in [2.24, 2.45) is 0 Å². The summed E-state index contributed by atoms with van der Waals surface area (Å²) in [4.78, 5) is 42.3. The molecule has 7 nitrogen and oxygen atoms in total. The van der Waals surface area contributed by atoms with Gasteiger partial charge in [-0.15, -0.1) is 0 Å². The summed E-state index contributed by atoms with van der Waals surface area (Å²) in [5.74, 6) is -3.23. The number of carboxylic acid groups (broad SMARTS) is 2. The molecule has 1 aliphatic heterocycles. The molecule has 23 heavy (non-hydrogen) atoms. The van der Waals surface area contributed by atoms with Gasteiger partial charge in [0.15, 0.2) is 0 Å². The van der Waals surface area contributed by atoms with Gasteiger partial charge < -0.3 is 14.9 Å². The Balaban J connectivity index is 0.000000167. The number of hydrogen-bond donors (Lipinski definition) is 2. The van der Waals surface area contributed by atoms with Crippen molar-refractivity contribution in [1.29, 1.82) is 0 Å². The Morgan fingerprint density at radius 1 is 0.696 bits per heavy atom. The fourth-order valence-corrected chi connectivity index (χ4v) is 1.79. The fourth-order valence-electron chi connectivity index (χ4n) is 1.79. The maximum absolute atomic E-state index is 10.8. The Morgan fingerprint density at radius 2 is 1.04 bits per heavy atom. The number of esters is 2. The molecule has 3 rings (SSSR count). The van der Waals surface area contributed by atoms with Gasteiger partial charge in [0.2, 0.25) is 0 Å². The van der Waals surface area contributed by atoms with E-state index in [2.05, 4.69) is 4.74 Å². The number of carbonyl (C=O) groups is 4. The summed E-state index contributed by atoms with van der Waals surface area (Å²) in [6.45, 7) is 0. The van der Waals surface area contributed by atoms with E-state index in [1.54, 1.807) is 24.3 Å². The average molecular weight is 314 g/mol. The van der Waals surface area contributed by atoms with Crippen molar-refractivity contribution in [3.05, 3.63) is 70.8 Å². The molecule has 0 unspecified atom stereocenters. The lowest BCUT2D eigenvalue weighted by Gasteiger charge is -1.94. The minimum Gasteiger partial charge on any atom is -0.478 e. The Kier molecular flexibility index (Phi) is 4.51. The molecule has 0 amide bonds. The first-order chi connectivity index (χ1) is 10.9. The van der Waals surface area contributed by atoms with Crippen molar-refractivity contribution in [1.82, 2.24) is 0 Å². The van der Waals surface area contributed by atoms with E-state index in [4.69, 9.17) is 10.2 Å². The third-order valence-corrected chi connectivity index (χ3v) is 2.93. The highest BCUT2D eigenvalue weighted by molar-refractivity contribution is 6.14. The lowest BCUT2D eigenvalue weighted by molar-refractivity contribution is 0.0442. The summed E-state index contributed by atoms with van der Waals surface area (Å²) < 4.78 is 4.35. The van der Waals surface area contributed by atoms with Crippen molar-refractivity contribution in [3.63, 3.8) is 0 Å². The molecule has 0 spiro atoms. The summed E-state index contributed by atoms with van der Waals surface area (Å²) >= 11 is 0. The van der Waals surface area contributed by atoms with E-state index < -0.39 is 23.9 Å². The molecule has 2 N–H and O–H groups in total. The quantitative estimate of drug-likeness (QED) is 0.643. The van der Waals surface area contributed by atoms with Crippen molar-refractivity contribution in [2.45, 2.75) is 0 Å². The van der Waals surface area contributed by atoms with Crippen molar-refractivity contribution >= 4 is 23.9 Å².